The number of ether oxygens (including phenoxy) is 1. The molecule has 7 heteroatoms. The first-order valence-corrected chi connectivity index (χ1v) is 6.81. The van der Waals surface area contributed by atoms with E-state index in [0.717, 1.165) is 6.07 Å². The molecule has 22 heavy (non-hydrogen) atoms. The maximum atomic E-state index is 13.3. The van der Waals surface area contributed by atoms with Gasteiger partial charge in [0.05, 0.1) is 11.6 Å². The van der Waals surface area contributed by atoms with Crippen LogP contribution < -0.4 is 15.4 Å². The van der Waals surface area contributed by atoms with Crippen molar-refractivity contribution in [1.82, 2.24) is 5.32 Å². The first-order chi connectivity index (χ1) is 10.6. The molecule has 2 rings (SSSR count). The van der Waals surface area contributed by atoms with Crippen LogP contribution >= 0.6 is 11.6 Å². The first kappa shape index (κ1) is 16.0. The van der Waals surface area contributed by atoms with Gasteiger partial charge < -0.3 is 15.4 Å². The summed E-state index contributed by atoms with van der Waals surface area (Å²) in [7, 11) is 0. The smallest absolute Gasteiger partial charge is 0.319 e. The van der Waals surface area contributed by atoms with E-state index >= 15 is 0 Å². The molecule has 0 radical (unpaired) electrons. The summed E-state index contributed by atoms with van der Waals surface area (Å²) in [5.41, 5.74) is 0.360. The second-order valence-corrected chi connectivity index (χ2v) is 4.70. The van der Waals surface area contributed by atoms with Gasteiger partial charge in [-0.15, -0.1) is 0 Å². The molecule has 0 bridgehead atoms. The van der Waals surface area contributed by atoms with Gasteiger partial charge in [-0.05, 0) is 30.3 Å². The molecule has 0 spiro atoms. The van der Waals surface area contributed by atoms with Gasteiger partial charge in [-0.3, -0.25) is 0 Å². The van der Waals surface area contributed by atoms with Gasteiger partial charge in [-0.25, -0.2) is 13.6 Å². The lowest BCUT2D eigenvalue weighted by atomic mass is 10.3. The minimum atomic E-state index is -0.564. The van der Waals surface area contributed by atoms with Gasteiger partial charge in [0, 0.05) is 5.69 Å². The Kier molecular flexibility index (Phi) is 5.55. The molecule has 0 fully saturated rings. The molecule has 0 unspecified atom stereocenters. The average Bonchev–Trinajstić information content (AvgIpc) is 2.49. The number of amides is 2. The minimum absolute atomic E-state index is 0.0827. The van der Waals surface area contributed by atoms with Gasteiger partial charge in [0.1, 0.15) is 12.4 Å². The fourth-order valence-corrected chi connectivity index (χ4v) is 1.82. The van der Waals surface area contributed by atoms with Gasteiger partial charge in [-0.1, -0.05) is 23.7 Å². The third-order valence-corrected chi connectivity index (χ3v) is 2.95. The fourth-order valence-electron chi connectivity index (χ4n) is 1.64. The molecule has 0 saturated carbocycles. The van der Waals surface area contributed by atoms with Crippen molar-refractivity contribution in [3.05, 3.63) is 59.1 Å². The molecule has 2 aromatic carbocycles. The number of hydrogen-bond donors (Lipinski definition) is 2. The van der Waals surface area contributed by atoms with Crippen molar-refractivity contribution < 1.29 is 18.3 Å². The number of para-hydroxylation sites is 1. The van der Waals surface area contributed by atoms with E-state index in [1.807, 2.05) is 0 Å². The standard InChI is InChI=1S/C15H13ClF2N2O2/c16-11-9-10(5-6-12(11)17)20-15(21)19-7-8-22-14-4-2-1-3-13(14)18/h1-6,9H,7-8H2,(H2,19,20,21). The number of urea groups is 1. The van der Waals surface area contributed by atoms with Crippen molar-refractivity contribution in [3.63, 3.8) is 0 Å². The second-order valence-electron chi connectivity index (χ2n) is 4.29. The predicted octanol–water partition coefficient (Wildman–Crippen LogP) is 3.82. The van der Waals surface area contributed by atoms with E-state index in [0.29, 0.717) is 5.69 Å². The minimum Gasteiger partial charge on any atom is -0.489 e. The summed E-state index contributed by atoms with van der Waals surface area (Å²) in [6.07, 6.45) is 0. The van der Waals surface area contributed by atoms with Crippen LogP contribution in [0, 0.1) is 11.6 Å². The van der Waals surface area contributed by atoms with E-state index < -0.39 is 17.7 Å². The zero-order chi connectivity index (χ0) is 15.9. The Labute approximate surface area is 131 Å². The zero-order valence-corrected chi connectivity index (χ0v) is 12.2. The first-order valence-electron chi connectivity index (χ1n) is 6.43. The topological polar surface area (TPSA) is 50.4 Å². The molecule has 116 valence electrons. The Bertz CT molecular complexity index is 668. The summed E-state index contributed by atoms with van der Waals surface area (Å²) in [4.78, 5) is 11.6. The molecule has 2 aromatic rings. The zero-order valence-electron chi connectivity index (χ0n) is 11.4. The number of carbonyl (C=O) groups excluding carboxylic acids is 1. The van der Waals surface area contributed by atoms with Crippen LogP contribution in [0.1, 0.15) is 0 Å². The molecule has 0 aliphatic carbocycles. The molecule has 0 aromatic heterocycles. The highest BCUT2D eigenvalue weighted by atomic mass is 35.5. The summed E-state index contributed by atoms with van der Waals surface area (Å²) in [6.45, 7) is 0.285. The average molecular weight is 327 g/mol. The lowest BCUT2D eigenvalue weighted by Gasteiger charge is -2.09. The van der Waals surface area contributed by atoms with E-state index in [1.54, 1.807) is 12.1 Å². The van der Waals surface area contributed by atoms with Crippen LogP contribution in [0.25, 0.3) is 0 Å². The number of rotatable bonds is 5. The molecule has 0 saturated heterocycles. The Morgan fingerprint density at radius 1 is 1.14 bits per heavy atom. The predicted molar refractivity (Wildman–Crippen MR) is 80.3 cm³/mol. The highest BCUT2D eigenvalue weighted by Gasteiger charge is 2.05. The van der Waals surface area contributed by atoms with E-state index in [4.69, 9.17) is 16.3 Å². The maximum Gasteiger partial charge on any atom is 0.319 e. The number of carbonyl (C=O) groups is 1. The van der Waals surface area contributed by atoms with Crippen LogP contribution in [0.5, 0.6) is 5.75 Å². The van der Waals surface area contributed by atoms with Crippen LogP contribution in [0.3, 0.4) is 0 Å². The monoisotopic (exact) mass is 326 g/mol. The van der Waals surface area contributed by atoms with E-state index in [2.05, 4.69) is 10.6 Å². The molecule has 0 heterocycles. The SMILES string of the molecule is O=C(NCCOc1ccccc1F)Nc1ccc(F)c(Cl)c1. The van der Waals surface area contributed by atoms with E-state index in [9.17, 15) is 13.6 Å². The molecule has 4 nitrogen and oxygen atoms in total. The molecule has 0 aliphatic heterocycles. The quantitative estimate of drug-likeness (QED) is 0.821. The molecule has 2 amide bonds. The molecule has 0 aliphatic rings. The fraction of sp³-hybridized carbons (Fsp3) is 0.133. The van der Waals surface area contributed by atoms with Crippen LogP contribution in [0.4, 0.5) is 19.3 Å². The van der Waals surface area contributed by atoms with Crippen molar-refractivity contribution in [1.29, 1.82) is 0 Å². The highest BCUT2D eigenvalue weighted by molar-refractivity contribution is 6.31. The normalized spacial score (nSPS) is 10.1. The molecular weight excluding hydrogens is 314 g/mol. The number of anilines is 1. The summed E-state index contributed by atoms with van der Waals surface area (Å²) in [5.74, 6) is -0.908. The van der Waals surface area contributed by atoms with Crippen molar-refractivity contribution in [3.8, 4) is 5.75 Å². The largest absolute Gasteiger partial charge is 0.489 e. The summed E-state index contributed by atoms with van der Waals surface area (Å²) in [6, 6.07) is 9.32. The van der Waals surface area contributed by atoms with Crippen molar-refractivity contribution >= 4 is 23.3 Å². The molecule has 0 atom stereocenters. The van der Waals surface area contributed by atoms with Crippen LogP contribution in [0.2, 0.25) is 5.02 Å². The van der Waals surface area contributed by atoms with Crippen molar-refractivity contribution in [2.24, 2.45) is 0 Å². The third kappa shape index (κ3) is 4.60. The maximum absolute atomic E-state index is 13.3. The number of nitrogens with one attached hydrogen (secondary N) is 2. The molecule has 2 N–H and O–H groups in total. The van der Waals surface area contributed by atoms with Crippen molar-refractivity contribution in [2.45, 2.75) is 0 Å². The van der Waals surface area contributed by atoms with Crippen LogP contribution in [-0.2, 0) is 0 Å². The summed E-state index contributed by atoms with van der Waals surface area (Å²) >= 11 is 5.60. The van der Waals surface area contributed by atoms with Crippen LogP contribution in [-0.4, -0.2) is 19.2 Å². The summed E-state index contributed by atoms with van der Waals surface area (Å²) < 4.78 is 31.4. The van der Waals surface area contributed by atoms with Gasteiger partial charge in [0.2, 0.25) is 0 Å². The molecular formula is C15H13ClF2N2O2. The van der Waals surface area contributed by atoms with E-state index in [1.165, 1.54) is 24.3 Å². The van der Waals surface area contributed by atoms with Gasteiger partial charge in [-0.2, -0.15) is 0 Å². The Balaban J connectivity index is 1.74. The Morgan fingerprint density at radius 3 is 2.64 bits per heavy atom. The van der Waals surface area contributed by atoms with Crippen LogP contribution in [0.15, 0.2) is 42.5 Å². The third-order valence-electron chi connectivity index (χ3n) is 2.66. The van der Waals surface area contributed by atoms with Gasteiger partial charge in [0.25, 0.3) is 0 Å². The summed E-state index contributed by atoms with van der Waals surface area (Å²) in [5, 5.41) is 4.93. The number of hydrogen-bond acceptors (Lipinski definition) is 2. The van der Waals surface area contributed by atoms with Gasteiger partial charge in [0.15, 0.2) is 11.6 Å². The lowest BCUT2D eigenvalue weighted by Crippen LogP contribution is -2.32. The Morgan fingerprint density at radius 2 is 1.91 bits per heavy atom. The van der Waals surface area contributed by atoms with Gasteiger partial charge >= 0.3 is 6.03 Å². The number of halogens is 3. The lowest BCUT2D eigenvalue weighted by molar-refractivity contribution is 0.246. The van der Waals surface area contributed by atoms with E-state index in [-0.39, 0.29) is 23.9 Å². The Hall–Kier alpha value is -2.34. The van der Waals surface area contributed by atoms with Crippen molar-refractivity contribution in [2.75, 3.05) is 18.5 Å². The highest BCUT2D eigenvalue weighted by Crippen LogP contribution is 2.19. The number of benzene rings is 2. The second kappa shape index (κ2) is 7.61.